The number of hydrogen-bond acceptors (Lipinski definition) is 1. The van der Waals surface area contributed by atoms with E-state index < -0.39 is 0 Å². The van der Waals surface area contributed by atoms with Crippen LogP contribution in [-0.2, 0) is 6.54 Å². The minimum Gasteiger partial charge on any atom is -0.341 e. The van der Waals surface area contributed by atoms with Gasteiger partial charge < -0.3 is 4.90 Å². The number of pyridine rings is 1. The molecule has 0 saturated carbocycles. The molecule has 0 aliphatic carbocycles. The van der Waals surface area contributed by atoms with Crippen LogP contribution in [0.4, 0.5) is 5.69 Å². The molecule has 2 heteroatoms. The van der Waals surface area contributed by atoms with E-state index in [1.165, 1.54) is 51.8 Å². The Morgan fingerprint density at radius 1 is 1.00 bits per heavy atom. The standard InChI is InChI=1S/C26H29N2/c1-4-6-16-28-23(13-12-21-9-7-8-10-25(21)28)19-22-15-17-27(5-2)26-14-11-20(3)18-24(22)26/h7-15,17-19H,4-6,16H2,1-3H3/q+1. The monoisotopic (exact) mass is 369 g/mol. The topological polar surface area (TPSA) is 7.12 Å². The molecular weight excluding hydrogens is 340 g/mol. The van der Waals surface area contributed by atoms with Gasteiger partial charge in [-0.3, -0.25) is 0 Å². The Bertz CT molecular complexity index is 1060. The van der Waals surface area contributed by atoms with E-state index in [4.69, 9.17) is 0 Å². The number of rotatable bonds is 5. The molecule has 0 amide bonds. The van der Waals surface area contributed by atoms with E-state index >= 15 is 0 Å². The number of aromatic nitrogens is 1. The minimum atomic E-state index is 0.978. The molecule has 142 valence electrons. The average Bonchev–Trinajstić information content (AvgIpc) is 2.73. The second-order valence-corrected chi connectivity index (χ2v) is 7.54. The van der Waals surface area contributed by atoms with Crippen LogP contribution < -0.4 is 9.47 Å². The molecule has 2 nitrogen and oxygen atoms in total. The van der Waals surface area contributed by atoms with Gasteiger partial charge in [0.05, 0.1) is 5.39 Å². The molecule has 0 atom stereocenters. The second-order valence-electron chi connectivity index (χ2n) is 7.54. The Hall–Kier alpha value is -2.87. The number of para-hydroxylation sites is 1. The van der Waals surface area contributed by atoms with Crippen LogP contribution in [0.3, 0.4) is 0 Å². The summed E-state index contributed by atoms with van der Waals surface area (Å²) in [6, 6.07) is 17.7. The van der Waals surface area contributed by atoms with Crippen molar-refractivity contribution >= 4 is 28.7 Å². The van der Waals surface area contributed by atoms with E-state index in [9.17, 15) is 0 Å². The fourth-order valence-corrected chi connectivity index (χ4v) is 4.00. The first-order chi connectivity index (χ1) is 13.7. The Morgan fingerprint density at radius 3 is 2.68 bits per heavy atom. The summed E-state index contributed by atoms with van der Waals surface area (Å²) in [5, 5.41) is 1.32. The van der Waals surface area contributed by atoms with Crippen LogP contribution in [0.2, 0.25) is 0 Å². The van der Waals surface area contributed by atoms with Crippen LogP contribution in [0.1, 0.15) is 43.4 Å². The van der Waals surface area contributed by atoms with Gasteiger partial charge in [0.15, 0.2) is 6.20 Å². The Labute approximate surface area is 168 Å². The zero-order valence-corrected chi connectivity index (χ0v) is 17.2. The maximum atomic E-state index is 2.47. The van der Waals surface area contributed by atoms with Crippen molar-refractivity contribution in [2.45, 2.75) is 40.2 Å². The third kappa shape index (κ3) is 3.47. The van der Waals surface area contributed by atoms with E-state index in [0.717, 1.165) is 13.1 Å². The zero-order chi connectivity index (χ0) is 19.5. The Morgan fingerprint density at radius 2 is 1.86 bits per heavy atom. The van der Waals surface area contributed by atoms with Gasteiger partial charge >= 0.3 is 0 Å². The number of nitrogens with zero attached hydrogens (tertiary/aromatic N) is 2. The van der Waals surface area contributed by atoms with E-state index in [1.807, 2.05) is 0 Å². The van der Waals surface area contributed by atoms with Gasteiger partial charge in [-0.15, -0.1) is 0 Å². The fourth-order valence-electron chi connectivity index (χ4n) is 4.00. The van der Waals surface area contributed by atoms with Crippen LogP contribution in [0.25, 0.3) is 23.1 Å². The molecule has 2 heterocycles. The molecule has 2 aromatic carbocycles. The largest absolute Gasteiger partial charge is 0.341 e. The van der Waals surface area contributed by atoms with Crippen molar-refractivity contribution in [1.82, 2.24) is 0 Å². The van der Waals surface area contributed by atoms with Gasteiger partial charge in [0.25, 0.3) is 0 Å². The van der Waals surface area contributed by atoms with Crippen LogP contribution in [0.5, 0.6) is 0 Å². The lowest BCUT2D eigenvalue weighted by molar-refractivity contribution is -0.667. The fraction of sp³-hybridized carbons (Fsp3) is 0.269. The quantitative estimate of drug-likeness (QED) is 0.491. The minimum absolute atomic E-state index is 0.978. The van der Waals surface area contributed by atoms with Crippen LogP contribution >= 0.6 is 0 Å². The van der Waals surface area contributed by atoms with E-state index in [1.54, 1.807) is 0 Å². The number of benzene rings is 2. The van der Waals surface area contributed by atoms with Gasteiger partial charge in [-0.05, 0) is 55.7 Å². The molecular formula is C26H29N2+. The summed E-state index contributed by atoms with van der Waals surface area (Å²) in [4.78, 5) is 2.47. The number of fused-ring (bicyclic) bond motifs is 2. The van der Waals surface area contributed by atoms with Gasteiger partial charge in [0, 0.05) is 30.1 Å². The molecule has 0 radical (unpaired) electrons. The highest BCUT2D eigenvalue weighted by Gasteiger charge is 2.18. The third-order valence-corrected chi connectivity index (χ3v) is 5.56. The van der Waals surface area contributed by atoms with Gasteiger partial charge in [0.1, 0.15) is 6.54 Å². The Kier molecular flexibility index (Phi) is 5.29. The summed E-state index contributed by atoms with van der Waals surface area (Å²) >= 11 is 0. The highest BCUT2D eigenvalue weighted by molar-refractivity contribution is 5.89. The molecule has 1 aliphatic heterocycles. The third-order valence-electron chi connectivity index (χ3n) is 5.56. The van der Waals surface area contributed by atoms with Crippen molar-refractivity contribution in [3.8, 4) is 0 Å². The smallest absolute Gasteiger partial charge is 0.213 e. The summed E-state index contributed by atoms with van der Waals surface area (Å²) < 4.78 is 2.32. The first kappa shape index (κ1) is 18.5. The predicted molar refractivity (Wildman–Crippen MR) is 120 cm³/mol. The van der Waals surface area contributed by atoms with Gasteiger partial charge in [-0.1, -0.05) is 49.2 Å². The first-order valence-corrected chi connectivity index (χ1v) is 10.4. The molecule has 0 saturated heterocycles. The lowest BCUT2D eigenvalue weighted by Crippen LogP contribution is -2.32. The molecule has 0 spiro atoms. The van der Waals surface area contributed by atoms with Crippen molar-refractivity contribution in [1.29, 1.82) is 0 Å². The summed E-state index contributed by atoms with van der Waals surface area (Å²) in [5.74, 6) is 0. The zero-order valence-electron chi connectivity index (χ0n) is 17.2. The van der Waals surface area contributed by atoms with E-state index in [0.29, 0.717) is 0 Å². The second kappa shape index (κ2) is 8.02. The van der Waals surface area contributed by atoms with Crippen LogP contribution in [-0.4, -0.2) is 6.54 Å². The number of unbranched alkanes of at least 4 members (excludes halogenated alkanes) is 1. The lowest BCUT2D eigenvalue weighted by atomic mass is 10.0. The number of hydrogen-bond donors (Lipinski definition) is 0. The molecule has 28 heavy (non-hydrogen) atoms. The van der Waals surface area contributed by atoms with Crippen LogP contribution in [0, 0.1) is 6.92 Å². The highest BCUT2D eigenvalue weighted by Crippen LogP contribution is 2.32. The highest BCUT2D eigenvalue weighted by atomic mass is 15.1. The number of allylic oxidation sites excluding steroid dienone is 1. The van der Waals surface area contributed by atoms with Crippen molar-refractivity contribution in [3.63, 3.8) is 0 Å². The van der Waals surface area contributed by atoms with Gasteiger partial charge in [-0.25, -0.2) is 0 Å². The van der Waals surface area contributed by atoms with Crippen molar-refractivity contribution in [2.75, 3.05) is 11.4 Å². The summed E-state index contributed by atoms with van der Waals surface area (Å²) in [5.41, 5.74) is 7.75. The first-order valence-electron chi connectivity index (χ1n) is 10.4. The predicted octanol–water partition coefficient (Wildman–Crippen LogP) is 6.13. The summed E-state index contributed by atoms with van der Waals surface area (Å²) in [6.07, 6.45) is 11.4. The van der Waals surface area contributed by atoms with E-state index in [2.05, 4.69) is 103 Å². The number of anilines is 1. The molecule has 0 N–H and O–H groups in total. The van der Waals surface area contributed by atoms with Gasteiger partial charge in [0.2, 0.25) is 5.52 Å². The molecule has 0 bridgehead atoms. The Balaban J connectivity index is 1.85. The molecule has 1 aromatic heterocycles. The van der Waals surface area contributed by atoms with Crippen molar-refractivity contribution in [2.24, 2.45) is 0 Å². The van der Waals surface area contributed by atoms with Gasteiger partial charge in [-0.2, -0.15) is 4.57 Å². The number of aryl methyl sites for hydroxylation is 2. The molecule has 1 aliphatic rings. The molecule has 0 fully saturated rings. The lowest BCUT2D eigenvalue weighted by Gasteiger charge is -2.30. The maximum absolute atomic E-state index is 2.47. The molecule has 4 rings (SSSR count). The van der Waals surface area contributed by atoms with Crippen molar-refractivity contribution < 1.29 is 4.57 Å². The maximum Gasteiger partial charge on any atom is 0.213 e. The molecule has 0 unspecified atom stereocenters. The molecule has 3 aromatic rings. The van der Waals surface area contributed by atoms with Crippen molar-refractivity contribution in [3.05, 3.63) is 83.2 Å². The van der Waals surface area contributed by atoms with E-state index in [-0.39, 0.29) is 0 Å². The average molecular weight is 370 g/mol. The summed E-state index contributed by atoms with van der Waals surface area (Å²) in [6.45, 7) is 8.65. The normalized spacial score (nSPS) is 14.7. The summed E-state index contributed by atoms with van der Waals surface area (Å²) in [7, 11) is 0. The van der Waals surface area contributed by atoms with Crippen LogP contribution in [0.15, 0.2) is 66.5 Å². The SMILES string of the molecule is CCCCN1/C(=C/c2cc[n+](CC)c3ccc(C)cc23)C=Cc2ccccc21.